The molecule has 21 heavy (non-hydrogen) atoms. The first-order valence-electron chi connectivity index (χ1n) is 6.59. The second-order valence-electron chi connectivity index (χ2n) is 4.41. The third-order valence-electron chi connectivity index (χ3n) is 2.94. The van der Waals surface area contributed by atoms with E-state index in [0.29, 0.717) is 19.6 Å². The number of benzene rings is 1. The smallest absolute Gasteiger partial charge is 0.311 e. The van der Waals surface area contributed by atoms with E-state index in [1.165, 1.54) is 6.07 Å². The summed E-state index contributed by atoms with van der Waals surface area (Å²) in [7, 11) is 1.88. The maximum Gasteiger partial charge on any atom is 0.311 e. The summed E-state index contributed by atoms with van der Waals surface area (Å²) in [6, 6.07) is 4.74. The first-order valence-corrected chi connectivity index (χ1v) is 6.59. The van der Waals surface area contributed by atoms with Crippen LogP contribution in [0, 0.1) is 10.1 Å². The maximum absolute atomic E-state index is 10.9. The summed E-state index contributed by atoms with van der Waals surface area (Å²) in [6.07, 6.45) is 2.35. The largest absolute Gasteiger partial charge is 0.487 e. The Morgan fingerprint density at radius 2 is 2.29 bits per heavy atom. The molecule has 0 fully saturated rings. The summed E-state index contributed by atoms with van der Waals surface area (Å²) in [6.45, 7) is 2.82. The number of nitrogens with one attached hydrogen (secondary N) is 1. The predicted octanol–water partition coefficient (Wildman–Crippen LogP) is 1.78. The number of ether oxygens (including phenoxy) is 1. The monoisotopic (exact) mass is 291 g/mol. The third-order valence-corrected chi connectivity index (χ3v) is 2.94. The molecule has 1 N–H and O–H groups in total. The van der Waals surface area contributed by atoms with Gasteiger partial charge in [0.05, 0.1) is 11.5 Å². The van der Waals surface area contributed by atoms with Gasteiger partial charge in [-0.25, -0.2) is 0 Å². The van der Waals surface area contributed by atoms with Crippen molar-refractivity contribution in [2.75, 3.05) is 18.5 Å². The molecule has 0 atom stereocenters. The maximum atomic E-state index is 10.9. The fraction of sp³-hybridized carbons (Fsp3) is 0.385. The zero-order valence-corrected chi connectivity index (χ0v) is 11.9. The van der Waals surface area contributed by atoms with E-state index in [-0.39, 0.29) is 11.4 Å². The van der Waals surface area contributed by atoms with E-state index in [0.717, 1.165) is 11.5 Å². The van der Waals surface area contributed by atoms with Crippen LogP contribution in [0.5, 0.6) is 5.75 Å². The Balaban J connectivity index is 2.01. The number of anilines is 1. The molecule has 8 heteroatoms. The molecule has 0 saturated heterocycles. The van der Waals surface area contributed by atoms with Crippen LogP contribution in [-0.2, 0) is 13.5 Å². The lowest BCUT2D eigenvalue weighted by Crippen LogP contribution is -2.09. The Morgan fingerprint density at radius 3 is 2.90 bits per heavy atom. The molecule has 0 saturated carbocycles. The second kappa shape index (κ2) is 6.69. The minimum Gasteiger partial charge on any atom is -0.487 e. The highest BCUT2D eigenvalue weighted by Gasteiger charge is 2.15. The van der Waals surface area contributed by atoms with Gasteiger partial charge in [0, 0.05) is 37.8 Å². The summed E-state index contributed by atoms with van der Waals surface area (Å²) in [5.41, 5.74) is 0.738. The van der Waals surface area contributed by atoms with Crippen molar-refractivity contribution in [3.05, 3.63) is 40.5 Å². The SMILES string of the molecule is CCOc1cc(NCCc2nncn2C)ccc1[N+](=O)[O-]. The number of nitrogens with zero attached hydrogens (tertiary/aromatic N) is 4. The molecule has 0 aliphatic carbocycles. The highest BCUT2D eigenvalue weighted by atomic mass is 16.6. The van der Waals surface area contributed by atoms with Gasteiger partial charge in [-0.15, -0.1) is 10.2 Å². The van der Waals surface area contributed by atoms with Crippen LogP contribution >= 0.6 is 0 Å². The summed E-state index contributed by atoms with van der Waals surface area (Å²) in [5.74, 6) is 1.14. The molecule has 2 aromatic rings. The number of nitro benzene ring substituents is 1. The number of hydrogen-bond donors (Lipinski definition) is 1. The van der Waals surface area contributed by atoms with E-state index < -0.39 is 4.92 Å². The van der Waals surface area contributed by atoms with Crippen molar-refractivity contribution in [3.63, 3.8) is 0 Å². The number of aryl methyl sites for hydroxylation is 1. The Hall–Kier alpha value is -2.64. The minimum atomic E-state index is -0.450. The molecule has 1 aromatic carbocycles. The topological polar surface area (TPSA) is 95.1 Å². The lowest BCUT2D eigenvalue weighted by molar-refractivity contribution is -0.385. The van der Waals surface area contributed by atoms with Gasteiger partial charge in [-0.1, -0.05) is 0 Å². The first-order chi connectivity index (χ1) is 10.1. The molecule has 0 bridgehead atoms. The fourth-order valence-corrected chi connectivity index (χ4v) is 1.90. The molecule has 0 unspecified atom stereocenters. The normalized spacial score (nSPS) is 10.4. The van der Waals surface area contributed by atoms with E-state index >= 15 is 0 Å². The van der Waals surface area contributed by atoms with Gasteiger partial charge in [-0.3, -0.25) is 10.1 Å². The molecule has 2 rings (SSSR count). The van der Waals surface area contributed by atoms with Gasteiger partial charge in [0.15, 0.2) is 5.75 Å². The quantitative estimate of drug-likeness (QED) is 0.617. The van der Waals surface area contributed by atoms with E-state index in [9.17, 15) is 10.1 Å². The number of nitro groups is 1. The van der Waals surface area contributed by atoms with Crippen LogP contribution in [0.2, 0.25) is 0 Å². The minimum absolute atomic E-state index is 0.0318. The van der Waals surface area contributed by atoms with Crippen LogP contribution in [0.25, 0.3) is 0 Å². The summed E-state index contributed by atoms with van der Waals surface area (Å²) in [5, 5.41) is 21.9. The van der Waals surface area contributed by atoms with E-state index in [4.69, 9.17) is 4.74 Å². The van der Waals surface area contributed by atoms with Gasteiger partial charge in [-0.05, 0) is 13.0 Å². The van der Waals surface area contributed by atoms with Gasteiger partial charge in [-0.2, -0.15) is 0 Å². The van der Waals surface area contributed by atoms with Crippen LogP contribution < -0.4 is 10.1 Å². The molecule has 0 aliphatic rings. The van der Waals surface area contributed by atoms with Crippen LogP contribution in [0.4, 0.5) is 11.4 Å². The molecule has 1 aromatic heterocycles. The number of hydrogen-bond acceptors (Lipinski definition) is 6. The molecular formula is C13H17N5O3. The van der Waals surface area contributed by atoms with Crippen molar-refractivity contribution < 1.29 is 9.66 Å². The lowest BCUT2D eigenvalue weighted by atomic mass is 10.2. The molecule has 0 spiro atoms. The van der Waals surface area contributed by atoms with Crippen LogP contribution in [0.3, 0.4) is 0 Å². The third kappa shape index (κ3) is 3.68. The first kappa shape index (κ1) is 14.8. The highest BCUT2D eigenvalue weighted by Crippen LogP contribution is 2.30. The molecule has 8 nitrogen and oxygen atoms in total. The number of aromatic nitrogens is 3. The fourth-order valence-electron chi connectivity index (χ4n) is 1.90. The number of rotatable bonds is 7. The van der Waals surface area contributed by atoms with Gasteiger partial charge in [0.2, 0.25) is 0 Å². The second-order valence-corrected chi connectivity index (χ2v) is 4.41. The van der Waals surface area contributed by atoms with Gasteiger partial charge >= 0.3 is 5.69 Å². The average Bonchev–Trinajstić information content (AvgIpc) is 2.85. The van der Waals surface area contributed by atoms with Gasteiger partial charge < -0.3 is 14.6 Å². The molecular weight excluding hydrogens is 274 g/mol. The summed E-state index contributed by atoms with van der Waals surface area (Å²) < 4.78 is 7.15. The molecule has 112 valence electrons. The zero-order chi connectivity index (χ0) is 15.2. The molecule has 0 aliphatic heterocycles. The summed E-state index contributed by atoms with van der Waals surface area (Å²) in [4.78, 5) is 10.5. The van der Waals surface area contributed by atoms with Crippen molar-refractivity contribution >= 4 is 11.4 Å². The lowest BCUT2D eigenvalue weighted by Gasteiger charge is -2.09. The highest BCUT2D eigenvalue weighted by molar-refractivity contribution is 5.58. The van der Waals surface area contributed by atoms with Crippen LogP contribution in [0.1, 0.15) is 12.7 Å². The predicted molar refractivity (Wildman–Crippen MR) is 77.5 cm³/mol. The zero-order valence-electron chi connectivity index (χ0n) is 11.9. The van der Waals surface area contributed by atoms with Crippen molar-refractivity contribution in [2.24, 2.45) is 7.05 Å². The Bertz CT molecular complexity index is 626. The van der Waals surface area contributed by atoms with Crippen molar-refractivity contribution in [1.82, 2.24) is 14.8 Å². The molecule has 0 radical (unpaired) electrons. The molecule has 1 heterocycles. The van der Waals surface area contributed by atoms with E-state index in [2.05, 4.69) is 15.5 Å². The van der Waals surface area contributed by atoms with Gasteiger partial charge in [0.25, 0.3) is 0 Å². The Morgan fingerprint density at radius 1 is 1.48 bits per heavy atom. The average molecular weight is 291 g/mol. The Labute approximate surface area is 121 Å². The van der Waals surface area contributed by atoms with Gasteiger partial charge in [0.1, 0.15) is 12.2 Å². The van der Waals surface area contributed by atoms with E-state index in [1.807, 2.05) is 11.6 Å². The molecule has 0 amide bonds. The standard InChI is InChI=1S/C13H17N5O3/c1-3-21-12-8-10(4-5-11(12)18(19)20)14-7-6-13-16-15-9-17(13)2/h4-5,8-9,14H,3,6-7H2,1-2H3. The Kier molecular flexibility index (Phi) is 4.70. The van der Waals surface area contributed by atoms with Crippen molar-refractivity contribution in [3.8, 4) is 5.75 Å². The van der Waals surface area contributed by atoms with Crippen LogP contribution in [0.15, 0.2) is 24.5 Å². The van der Waals surface area contributed by atoms with Crippen LogP contribution in [-0.4, -0.2) is 32.8 Å². The van der Waals surface area contributed by atoms with Crippen molar-refractivity contribution in [1.29, 1.82) is 0 Å². The van der Waals surface area contributed by atoms with E-state index in [1.54, 1.807) is 25.4 Å². The summed E-state index contributed by atoms with van der Waals surface area (Å²) >= 11 is 0. The van der Waals surface area contributed by atoms with Crippen molar-refractivity contribution in [2.45, 2.75) is 13.3 Å².